The van der Waals surface area contributed by atoms with Crippen LogP contribution in [-0.4, -0.2) is 20.2 Å². The Bertz CT molecular complexity index is 682. The quantitative estimate of drug-likeness (QED) is 0.913. The summed E-state index contributed by atoms with van der Waals surface area (Å²) in [6.07, 6.45) is 5.05. The Kier molecular flexibility index (Phi) is 2.47. The van der Waals surface area contributed by atoms with Crippen molar-refractivity contribution in [2.24, 2.45) is 23.7 Å². The molecule has 3 saturated carbocycles. The van der Waals surface area contributed by atoms with Crippen LogP contribution in [0.2, 0.25) is 0 Å². The molecule has 4 heteroatoms. The lowest BCUT2D eigenvalue weighted by molar-refractivity contribution is 0.408. The van der Waals surface area contributed by atoms with Crippen LogP contribution in [0.4, 0.5) is 0 Å². The lowest BCUT2D eigenvalue weighted by atomic mass is 10.0. The second kappa shape index (κ2) is 4.11. The summed E-state index contributed by atoms with van der Waals surface area (Å²) in [5.41, 5.74) is 1.00. The topological polar surface area (TPSA) is 46.2 Å². The third-order valence-electron chi connectivity index (χ3n) is 6.43. The zero-order chi connectivity index (χ0) is 14.2. The molecule has 0 radical (unpaired) electrons. The molecule has 5 rings (SSSR count). The molecule has 0 spiro atoms. The molecule has 5 unspecified atom stereocenters. The fraction of sp³-hybridized carbons (Fsp3) is 0.647. The van der Waals surface area contributed by atoms with Crippen LogP contribution < -0.4 is 5.32 Å². The van der Waals surface area contributed by atoms with Crippen LogP contribution in [0, 0.1) is 23.7 Å². The van der Waals surface area contributed by atoms with Gasteiger partial charge in [0.2, 0.25) is 0 Å². The fourth-order valence-corrected chi connectivity index (χ4v) is 7.16. The van der Waals surface area contributed by atoms with Crippen LogP contribution in [0.3, 0.4) is 0 Å². The molecule has 1 aromatic carbocycles. The molecule has 1 aliphatic heterocycles. The standard InChI is InChI=1S/C17H21NO2S/c19-21(20)8-7-13(12-3-1-2-4-14(12)21)18-17-15-10-5-6-11(9-10)16(15)17/h1-4,10-11,13,15-18H,5-9H2. The second-order valence-corrected chi connectivity index (χ2v) is 9.46. The van der Waals surface area contributed by atoms with E-state index in [1.807, 2.05) is 18.2 Å². The van der Waals surface area contributed by atoms with Gasteiger partial charge in [-0.2, -0.15) is 0 Å². The van der Waals surface area contributed by atoms with Crippen molar-refractivity contribution in [1.82, 2.24) is 5.32 Å². The van der Waals surface area contributed by atoms with Gasteiger partial charge in [-0.25, -0.2) is 8.42 Å². The number of rotatable bonds is 2. The molecule has 3 fully saturated rings. The molecule has 3 nitrogen and oxygen atoms in total. The molecule has 1 N–H and O–H groups in total. The first-order valence-electron chi connectivity index (χ1n) is 8.23. The zero-order valence-corrected chi connectivity index (χ0v) is 12.9. The molecular weight excluding hydrogens is 282 g/mol. The molecule has 2 bridgehead atoms. The first-order chi connectivity index (χ1) is 10.1. The highest BCUT2D eigenvalue weighted by atomic mass is 32.2. The highest BCUT2D eigenvalue weighted by Crippen LogP contribution is 2.66. The first-order valence-corrected chi connectivity index (χ1v) is 9.88. The molecule has 21 heavy (non-hydrogen) atoms. The summed E-state index contributed by atoms with van der Waals surface area (Å²) >= 11 is 0. The average Bonchev–Trinajstić information content (AvgIpc) is 2.87. The molecule has 0 aromatic heterocycles. The average molecular weight is 303 g/mol. The van der Waals surface area contributed by atoms with Crippen LogP contribution in [0.5, 0.6) is 0 Å². The van der Waals surface area contributed by atoms with Gasteiger partial charge in [0, 0.05) is 12.1 Å². The van der Waals surface area contributed by atoms with Crippen molar-refractivity contribution in [3.8, 4) is 0 Å². The summed E-state index contributed by atoms with van der Waals surface area (Å²) < 4.78 is 24.4. The molecule has 0 saturated heterocycles. The van der Waals surface area contributed by atoms with Crippen molar-refractivity contribution < 1.29 is 8.42 Å². The van der Waals surface area contributed by atoms with Gasteiger partial charge >= 0.3 is 0 Å². The Morgan fingerprint density at radius 1 is 1.00 bits per heavy atom. The summed E-state index contributed by atoms with van der Waals surface area (Å²) in [7, 11) is -3.06. The predicted octanol–water partition coefficient (Wildman–Crippen LogP) is 2.54. The molecule has 0 amide bonds. The van der Waals surface area contributed by atoms with Crippen LogP contribution >= 0.6 is 0 Å². The summed E-state index contributed by atoms with van der Waals surface area (Å²) in [6.45, 7) is 0. The van der Waals surface area contributed by atoms with Gasteiger partial charge in [-0.05, 0) is 61.0 Å². The van der Waals surface area contributed by atoms with E-state index in [1.165, 1.54) is 19.3 Å². The Morgan fingerprint density at radius 2 is 1.71 bits per heavy atom. The second-order valence-electron chi connectivity index (χ2n) is 7.38. The molecule has 4 aliphatic rings. The predicted molar refractivity (Wildman–Crippen MR) is 80.6 cm³/mol. The van der Waals surface area contributed by atoms with E-state index in [0.717, 1.165) is 35.7 Å². The van der Waals surface area contributed by atoms with Gasteiger partial charge in [-0.15, -0.1) is 0 Å². The minimum atomic E-state index is -3.06. The van der Waals surface area contributed by atoms with E-state index in [9.17, 15) is 8.42 Å². The van der Waals surface area contributed by atoms with E-state index < -0.39 is 9.84 Å². The number of sulfone groups is 1. The van der Waals surface area contributed by atoms with Gasteiger partial charge in [0.15, 0.2) is 9.84 Å². The van der Waals surface area contributed by atoms with Crippen LogP contribution in [-0.2, 0) is 9.84 Å². The third kappa shape index (κ3) is 1.72. The van der Waals surface area contributed by atoms with Gasteiger partial charge in [0.1, 0.15) is 0 Å². The third-order valence-corrected chi connectivity index (χ3v) is 8.25. The van der Waals surface area contributed by atoms with E-state index in [0.29, 0.717) is 10.9 Å². The van der Waals surface area contributed by atoms with Gasteiger partial charge in [0.25, 0.3) is 0 Å². The molecular formula is C17H21NO2S. The van der Waals surface area contributed by atoms with Gasteiger partial charge in [-0.1, -0.05) is 18.2 Å². The number of hydrogen-bond acceptors (Lipinski definition) is 3. The monoisotopic (exact) mass is 303 g/mol. The molecule has 5 atom stereocenters. The minimum Gasteiger partial charge on any atom is -0.306 e. The maximum absolute atomic E-state index is 12.2. The maximum atomic E-state index is 12.2. The lowest BCUT2D eigenvalue weighted by Crippen LogP contribution is -2.33. The van der Waals surface area contributed by atoms with Crippen molar-refractivity contribution in [3.63, 3.8) is 0 Å². The van der Waals surface area contributed by atoms with Crippen molar-refractivity contribution in [1.29, 1.82) is 0 Å². The molecule has 112 valence electrons. The number of hydrogen-bond donors (Lipinski definition) is 1. The lowest BCUT2D eigenvalue weighted by Gasteiger charge is -2.27. The minimum absolute atomic E-state index is 0.236. The van der Waals surface area contributed by atoms with Crippen molar-refractivity contribution >= 4 is 9.84 Å². The Labute approximate surface area is 126 Å². The normalized spacial score (nSPS) is 45.1. The van der Waals surface area contributed by atoms with Gasteiger partial charge in [0.05, 0.1) is 10.6 Å². The van der Waals surface area contributed by atoms with E-state index in [1.54, 1.807) is 6.07 Å². The van der Waals surface area contributed by atoms with Crippen molar-refractivity contribution in [3.05, 3.63) is 29.8 Å². The van der Waals surface area contributed by atoms with E-state index in [-0.39, 0.29) is 11.8 Å². The SMILES string of the molecule is O=S1(=O)CCC(NC2C3C4CCC(C4)C23)c2ccccc21. The largest absolute Gasteiger partial charge is 0.306 e. The summed E-state index contributed by atoms with van der Waals surface area (Å²) in [5.74, 6) is 4.00. The number of fused-ring (bicyclic) bond motifs is 6. The fourth-order valence-electron chi connectivity index (χ4n) is 5.54. The molecule has 1 aromatic rings. The maximum Gasteiger partial charge on any atom is 0.178 e. The van der Waals surface area contributed by atoms with E-state index >= 15 is 0 Å². The van der Waals surface area contributed by atoms with E-state index in [2.05, 4.69) is 5.32 Å². The summed E-state index contributed by atoms with van der Waals surface area (Å²) in [4.78, 5) is 0.558. The highest BCUT2D eigenvalue weighted by Gasteiger charge is 2.65. The van der Waals surface area contributed by atoms with Crippen molar-refractivity contribution in [2.75, 3.05) is 5.75 Å². The van der Waals surface area contributed by atoms with E-state index in [4.69, 9.17) is 0 Å². The van der Waals surface area contributed by atoms with Gasteiger partial charge < -0.3 is 5.32 Å². The first kappa shape index (κ1) is 12.7. The Morgan fingerprint density at radius 3 is 2.48 bits per heavy atom. The van der Waals surface area contributed by atoms with Crippen molar-refractivity contribution in [2.45, 2.75) is 42.7 Å². The van der Waals surface area contributed by atoms with Crippen LogP contribution in [0.15, 0.2) is 29.2 Å². The smallest absolute Gasteiger partial charge is 0.178 e. The Balaban J connectivity index is 1.42. The summed E-state index contributed by atoms with van der Waals surface area (Å²) in [5, 5.41) is 3.83. The molecule has 1 heterocycles. The number of benzene rings is 1. The van der Waals surface area contributed by atoms with Crippen LogP contribution in [0.25, 0.3) is 0 Å². The Hall–Kier alpha value is -0.870. The summed E-state index contributed by atoms with van der Waals surface area (Å²) in [6, 6.07) is 8.47. The van der Waals surface area contributed by atoms with Crippen LogP contribution in [0.1, 0.15) is 37.3 Å². The number of nitrogens with one attached hydrogen (secondary N) is 1. The highest BCUT2D eigenvalue weighted by molar-refractivity contribution is 7.91. The zero-order valence-electron chi connectivity index (χ0n) is 12.0. The molecule has 3 aliphatic carbocycles. The van der Waals surface area contributed by atoms with Gasteiger partial charge in [-0.3, -0.25) is 0 Å².